The van der Waals surface area contributed by atoms with Crippen LogP contribution in [0.2, 0.25) is 0 Å². The van der Waals surface area contributed by atoms with Gasteiger partial charge in [-0.25, -0.2) is 9.18 Å². The molecule has 4 rings (SSSR count). The summed E-state index contributed by atoms with van der Waals surface area (Å²) in [6.45, 7) is 2.08. The minimum atomic E-state index is -0.363. The molecule has 0 radical (unpaired) electrons. The number of aromatic amines is 1. The molecule has 0 unspecified atom stereocenters. The number of carbonyl (C=O) groups excluding carboxylic acids is 1. The van der Waals surface area contributed by atoms with Gasteiger partial charge < -0.3 is 10.1 Å². The molecule has 0 saturated heterocycles. The van der Waals surface area contributed by atoms with Gasteiger partial charge in [0.1, 0.15) is 12.4 Å². The Hall–Kier alpha value is -2.63. The molecule has 2 aromatic rings. The van der Waals surface area contributed by atoms with E-state index in [0.29, 0.717) is 22.7 Å². The summed E-state index contributed by atoms with van der Waals surface area (Å²) in [7, 11) is 0. The lowest BCUT2D eigenvalue weighted by molar-refractivity contribution is -0.136. The topological polar surface area (TPSA) is 67.0 Å². The van der Waals surface area contributed by atoms with Gasteiger partial charge >= 0.3 is 5.97 Å². The summed E-state index contributed by atoms with van der Waals surface area (Å²) in [6, 6.07) is 6.28. The van der Waals surface area contributed by atoms with Crippen LogP contribution in [0.1, 0.15) is 22.7 Å². The van der Waals surface area contributed by atoms with Gasteiger partial charge in [0, 0.05) is 17.2 Å². The van der Waals surface area contributed by atoms with Crippen molar-refractivity contribution in [1.82, 2.24) is 10.2 Å². The Morgan fingerprint density at radius 3 is 3.10 bits per heavy atom. The molecule has 6 heteroatoms. The molecule has 2 aliphatic rings. The number of aryl methyl sites for hydroxylation is 1. The maximum absolute atomic E-state index is 13.6. The van der Waals surface area contributed by atoms with E-state index >= 15 is 0 Å². The lowest BCUT2D eigenvalue weighted by atomic mass is 9.82. The Bertz CT molecular complexity index is 794. The number of H-pyrrole nitrogens is 1. The molecule has 2 aliphatic heterocycles. The van der Waals surface area contributed by atoms with Crippen molar-refractivity contribution >= 4 is 11.8 Å². The maximum Gasteiger partial charge on any atom is 0.337 e. The molecule has 0 fully saturated rings. The second kappa shape index (κ2) is 4.18. The SMILES string of the molecule is Cc1[nH]nc2c1[C@H](c1cccc(F)c1)C1=C(COC1=O)N2. The van der Waals surface area contributed by atoms with Crippen LogP contribution in [0.4, 0.5) is 10.2 Å². The van der Waals surface area contributed by atoms with Crippen molar-refractivity contribution in [2.75, 3.05) is 11.9 Å². The van der Waals surface area contributed by atoms with E-state index in [1.165, 1.54) is 12.1 Å². The van der Waals surface area contributed by atoms with E-state index in [2.05, 4.69) is 15.5 Å². The van der Waals surface area contributed by atoms with Crippen molar-refractivity contribution in [1.29, 1.82) is 0 Å². The van der Waals surface area contributed by atoms with Crippen molar-refractivity contribution < 1.29 is 13.9 Å². The number of cyclic esters (lactones) is 1. The highest BCUT2D eigenvalue weighted by Gasteiger charge is 2.40. The van der Waals surface area contributed by atoms with E-state index in [9.17, 15) is 9.18 Å². The largest absolute Gasteiger partial charge is 0.456 e. The molecule has 3 heterocycles. The Labute approximate surface area is 119 Å². The van der Waals surface area contributed by atoms with Gasteiger partial charge in [0.15, 0.2) is 5.82 Å². The number of ether oxygens (including phenoxy) is 1. The number of esters is 1. The Morgan fingerprint density at radius 1 is 1.43 bits per heavy atom. The zero-order valence-corrected chi connectivity index (χ0v) is 11.2. The molecule has 21 heavy (non-hydrogen) atoms. The summed E-state index contributed by atoms with van der Waals surface area (Å²) in [5, 5.41) is 10.2. The Kier molecular flexibility index (Phi) is 2.42. The van der Waals surface area contributed by atoms with E-state index in [4.69, 9.17) is 4.74 Å². The number of carbonyl (C=O) groups is 1. The highest BCUT2D eigenvalue weighted by molar-refractivity contribution is 5.97. The minimum absolute atomic E-state index is 0.200. The average molecular weight is 285 g/mol. The van der Waals surface area contributed by atoms with Crippen molar-refractivity contribution in [3.8, 4) is 0 Å². The first-order chi connectivity index (χ1) is 10.1. The van der Waals surface area contributed by atoms with E-state index in [1.54, 1.807) is 6.07 Å². The summed E-state index contributed by atoms with van der Waals surface area (Å²) in [4.78, 5) is 12.1. The van der Waals surface area contributed by atoms with Gasteiger partial charge in [-0.15, -0.1) is 0 Å². The fourth-order valence-electron chi connectivity index (χ4n) is 3.00. The molecule has 0 aliphatic carbocycles. The molecular weight excluding hydrogens is 273 g/mol. The summed E-state index contributed by atoms with van der Waals surface area (Å²) in [5.74, 6) is -0.389. The highest BCUT2D eigenvalue weighted by Crippen LogP contribution is 2.44. The smallest absolute Gasteiger partial charge is 0.337 e. The van der Waals surface area contributed by atoms with Crippen LogP contribution in [0.5, 0.6) is 0 Å². The lowest BCUT2D eigenvalue weighted by Gasteiger charge is -2.24. The van der Waals surface area contributed by atoms with Crippen LogP contribution < -0.4 is 5.32 Å². The van der Waals surface area contributed by atoms with E-state index in [1.807, 2.05) is 13.0 Å². The molecule has 0 bridgehead atoms. The van der Waals surface area contributed by atoms with Crippen molar-refractivity contribution in [3.63, 3.8) is 0 Å². The molecule has 106 valence electrons. The highest BCUT2D eigenvalue weighted by atomic mass is 19.1. The number of hydrogen-bond donors (Lipinski definition) is 2. The molecule has 0 amide bonds. The van der Waals surface area contributed by atoms with Gasteiger partial charge in [-0.05, 0) is 24.6 Å². The first-order valence-corrected chi connectivity index (χ1v) is 6.62. The molecule has 5 nitrogen and oxygen atoms in total. The van der Waals surface area contributed by atoms with Gasteiger partial charge in [-0.2, -0.15) is 5.10 Å². The predicted molar refractivity (Wildman–Crippen MR) is 73.2 cm³/mol. The molecule has 1 aromatic heterocycles. The molecule has 1 atom stereocenters. The molecule has 0 saturated carbocycles. The third-order valence-electron chi connectivity index (χ3n) is 3.92. The molecule has 1 aromatic carbocycles. The van der Waals surface area contributed by atoms with Gasteiger partial charge in [-0.1, -0.05) is 12.1 Å². The average Bonchev–Trinajstić information content (AvgIpc) is 3.02. The van der Waals surface area contributed by atoms with Crippen molar-refractivity contribution in [3.05, 3.63) is 58.2 Å². The number of nitrogens with one attached hydrogen (secondary N) is 2. The second-order valence-electron chi connectivity index (χ2n) is 5.19. The predicted octanol–water partition coefficient (Wildman–Crippen LogP) is 2.23. The molecule has 0 spiro atoms. The standard InChI is InChI=1S/C15H12FN3O2/c1-7-11-12(8-3-2-4-9(16)5-8)13-10(6-21-15(13)20)17-14(11)19-18-7/h2-5,12H,6H2,1H3,(H2,17,18,19)/t12-/m0/s1. The van der Waals surface area contributed by atoms with Gasteiger partial charge in [-0.3, -0.25) is 5.10 Å². The summed E-state index contributed by atoms with van der Waals surface area (Å²) in [6.07, 6.45) is 0. The van der Waals surface area contributed by atoms with Crippen LogP contribution >= 0.6 is 0 Å². The number of aromatic nitrogens is 2. The van der Waals surface area contributed by atoms with Gasteiger partial charge in [0.25, 0.3) is 0 Å². The number of fused-ring (bicyclic) bond motifs is 1. The van der Waals surface area contributed by atoms with E-state index in [0.717, 1.165) is 11.3 Å². The quantitative estimate of drug-likeness (QED) is 0.788. The van der Waals surface area contributed by atoms with E-state index in [-0.39, 0.29) is 24.3 Å². The fourth-order valence-corrected chi connectivity index (χ4v) is 3.00. The number of halogens is 1. The Balaban J connectivity index is 1.96. The monoisotopic (exact) mass is 285 g/mol. The van der Waals surface area contributed by atoms with Crippen LogP contribution in [0, 0.1) is 12.7 Å². The molecular formula is C15H12FN3O2. The first kappa shape index (κ1) is 12.1. The first-order valence-electron chi connectivity index (χ1n) is 6.62. The summed E-state index contributed by atoms with van der Waals surface area (Å²) in [5.41, 5.74) is 3.66. The molecule has 2 N–H and O–H groups in total. The number of nitrogens with zero attached hydrogens (tertiary/aromatic N) is 1. The van der Waals surface area contributed by atoms with E-state index < -0.39 is 0 Å². The number of benzene rings is 1. The summed E-state index contributed by atoms with van der Waals surface area (Å²) < 4.78 is 18.7. The number of rotatable bonds is 1. The van der Waals surface area contributed by atoms with Crippen LogP contribution in [-0.4, -0.2) is 22.8 Å². The normalized spacial score (nSPS) is 19.9. The van der Waals surface area contributed by atoms with Crippen LogP contribution in [-0.2, 0) is 9.53 Å². The zero-order chi connectivity index (χ0) is 14.6. The minimum Gasteiger partial charge on any atom is -0.456 e. The fraction of sp³-hybridized carbons (Fsp3) is 0.200. The maximum atomic E-state index is 13.6. The van der Waals surface area contributed by atoms with Gasteiger partial charge in [0.2, 0.25) is 0 Å². The van der Waals surface area contributed by atoms with Crippen molar-refractivity contribution in [2.24, 2.45) is 0 Å². The third kappa shape index (κ3) is 1.68. The second-order valence-corrected chi connectivity index (χ2v) is 5.19. The number of anilines is 1. The Morgan fingerprint density at radius 2 is 2.29 bits per heavy atom. The van der Waals surface area contributed by atoms with Crippen LogP contribution in [0.3, 0.4) is 0 Å². The number of hydrogen-bond acceptors (Lipinski definition) is 4. The zero-order valence-electron chi connectivity index (χ0n) is 11.2. The van der Waals surface area contributed by atoms with Crippen molar-refractivity contribution in [2.45, 2.75) is 12.8 Å². The van der Waals surface area contributed by atoms with Crippen LogP contribution in [0.15, 0.2) is 35.5 Å². The summed E-state index contributed by atoms with van der Waals surface area (Å²) >= 11 is 0. The third-order valence-corrected chi connectivity index (χ3v) is 3.92. The van der Waals surface area contributed by atoms with Crippen LogP contribution in [0.25, 0.3) is 0 Å². The lowest BCUT2D eigenvalue weighted by Crippen LogP contribution is -2.19. The van der Waals surface area contributed by atoms with Gasteiger partial charge in [0.05, 0.1) is 11.3 Å².